The van der Waals surface area contributed by atoms with E-state index in [2.05, 4.69) is 290 Å². The number of benzene rings is 11. The van der Waals surface area contributed by atoms with E-state index in [4.69, 9.17) is 0 Å². The molecular weight excluding hydrogens is 849 g/mol. The number of fused-ring (bicyclic) bond motifs is 2. The van der Waals surface area contributed by atoms with Crippen LogP contribution in [0.5, 0.6) is 0 Å². The molecule has 1 aliphatic heterocycles. The van der Waals surface area contributed by atoms with E-state index < -0.39 is 8.07 Å². The fourth-order valence-corrected chi connectivity index (χ4v) is 13.6. The summed E-state index contributed by atoms with van der Waals surface area (Å²) in [7, 11) is -2.14. The van der Waals surface area contributed by atoms with Gasteiger partial charge in [-0.3, -0.25) is 0 Å². The highest BCUT2D eigenvalue weighted by atomic mass is 28.3. The van der Waals surface area contributed by atoms with Gasteiger partial charge in [-0.15, -0.1) is 0 Å². The van der Waals surface area contributed by atoms with Crippen molar-refractivity contribution >= 4 is 63.3 Å². The van der Waals surface area contributed by atoms with Gasteiger partial charge in [0.25, 0.3) is 0 Å². The summed E-state index contributed by atoms with van der Waals surface area (Å²) in [5.74, 6) is 0. The molecule has 0 saturated heterocycles. The van der Waals surface area contributed by atoms with Crippen LogP contribution in [0.15, 0.2) is 267 Å². The lowest BCUT2D eigenvalue weighted by Crippen LogP contribution is -2.55. The summed E-state index contributed by atoms with van der Waals surface area (Å²) in [5.41, 5.74) is 19.2. The molecule has 1 aliphatic rings. The number of nitrogens with zero attached hydrogens (tertiary/aromatic N) is 2. The maximum atomic E-state index is 2.53. The average Bonchev–Trinajstić information content (AvgIpc) is 3.42. The molecule has 328 valence electrons. The Hall–Kier alpha value is -8.50. The number of hydrogen-bond acceptors (Lipinski definition) is 2. The van der Waals surface area contributed by atoms with Gasteiger partial charge in [-0.2, -0.15) is 0 Å². The summed E-state index contributed by atoms with van der Waals surface area (Å²) in [6, 6.07) is 97.5. The molecule has 0 unspecified atom stereocenters. The van der Waals surface area contributed by atoms with E-state index in [1.807, 2.05) is 0 Å². The highest BCUT2D eigenvalue weighted by Crippen LogP contribution is 2.42. The van der Waals surface area contributed by atoms with Gasteiger partial charge in [0, 0.05) is 34.1 Å². The summed E-state index contributed by atoms with van der Waals surface area (Å²) >= 11 is 0. The highest BCUT2D eigenvalue weighted by Gasteiger charge is 2.36. The fourth-order valence-electron chi connectivity index (χ4n) is 10.5. The van der Waals surface area contributed by atoms with Gasteiger partial charge in [-0.05, 0) is 150 Å². The molecule has 0 aromatic heterocycles. The molecule has 0 aliphatic carbocycles. The molecule has 0 spiro atoms. The van der Waals surface area contributed by atoms with Crippen LogP contribution in [-0.4, -0.2) is 8.07 Å². The third kappa shape index (κ3) is 7.73. The molecule has 0 N–H and O–H groups in total. The van der Waals surface area contributed by atoms with E-state index in [1.54, 1.807) is 0 Å². The normalized spacial score (nSPS) is 12.3. The zero-order valence-electron chi connectivity index (χ0n) is 38.8. The second-order valence-corrected chi connectivity index (χ2v) is 22.9. The molecule has 12 rings (SSSR count). The number of para-hydroxylation sites is 2. The minimum absolute atomic E-state index is 1.12. The Morgan fingerprint density at radius 2 is 0.594 bits per heavy atom. The van der Waals surface area contributed by atoms with E-state index in [0.29, 0.717) is 0 Å². The lowest BCUT2D eigenvalue weighted by Gasteiger charge is -2.34. The van der Waals surface area contributed by atoms with Gasteiger partial charge in [-0.25, -0.2) is 0 Å². The first kappa shape index (κ1) is 41.9. The molecule has 0 fully saturated rings. The van der Waals surface area contributed by atoms with Crippen molar-refractivity contribution < 1.29 is 0 Å². The molecule has 2 nitrogen and oxygen atoms in total. The van der Waals surface area contributed by atoms with Crippen LogP contribution in [0, 0.1) is 0 Å². The van der Waals surface area contributed by atoms with Gasteiger partial charge in [0.05, 0.1) is 0 Å². The van der Waals surface area contributed by atoms with Crippen LogP contribution in [0.2, 0.25) is 13.1 Å². The third-order valence-electron chi connectivity index (χ3n) is 14.1. The van der Waals surface area contributed by atoms with Crippen LogP contribution >= 0.6 is 0 Å². The zero-order valence-corrected chi connectivity index (χ0v) is 39.8. The molecule has 0 amide bonds. The van der Waals surface area contributed by atoms with E-state index in [0.717, 1.165) is 34.1 Å². The predicted octanol–water partition coefficient (Wildman–Crippen LogP) is 17.3. The lowest BCUT2D eigenvalue weighted by atomic mass is 9.90. The molecule has 69 heavy (non-hydrogen) atoms. The summed E-state index contributed by atoms with van der Waals surface area (Å²) in [5, 5.41) is 5.71. The van der Waals surface area contributed by atoms with Gasteiger partial charge < -0.3 is 9.80 Å². The lowest BCUT2D eigenvalue weighted by molar-refractivity contribution is 1.28. The van der Waals surface area contributed by atoms with E-state index in [-0.39, 0.29) is 0 Å². The quantitative estimate of drug-likeness (QED) is 0.126. The van der Waals surface area contributed by atoms with Gasteiger partial charge >= 0.3 is 0 Å². The van der Waals surface area contributed by atoms with Crippen LogP contribution in [0.3, 0.4) is 0 Å². The minimum atomic E-state index is -2.14. The molecule has 0 saturated carbocycles. The van der Waals surface area contributed by atoms with Crippen molar-refractivity contribution in [3.8, 4) is 55.6 Å². The minimum Gasteiger partial charge on any atom is -0.311 e. The van der Waals surface area contributed by atoms with Gasteiger partial charge in [-0.1, -0.05) is 207 Å². The Morgan fingerprint density at radius 1 is 0.246 bits per heavy atom. The standard InChI is InChI=1S/C66H50N2Si/c1-69(2)64-25-15-24-62-60(52-32-41-59(42-33-52)68(55-22-13-6-14-23-55)57-37-28-50(29-38-57)48-18-9-4-10-19-48)44-45-63(66(62)64)61-43-34-53(46-65(61)69)51-30-39-58(40-31-51)67(54-20-11-5-12-21-54)56-35-26-49(27-36-56)47-16-7-3-8-17-47/h3-46H,1-2H3. The first-order valence-corrected chi connectivity index (χ1v) is 26.9. The van der Waals surface area contributed by atoms with Crippen molar-refractivity contribution in [1.82, 2.24) is 0 Å². The highest BCUT2D eigenvalue weighted by molar-refractivity contribution is 7.03. The van der Waals surface area contributed by atoms with Crippen molar-refractivity contribution in [2.24, 2.45) is 0 Å². The van der Waals surface area contributed by atoms with Crippen LogP contribution in [0.1, 0.15) is 0 Å². The molecule has 0 bridgehead atoms. The summed E-state index contributed by atoms with van der Waals surface area (Å²) < 4.78 is 0. The number of anilines is 6. The number of rotatable bonds is 10. The van der Waals surface area contributed by atoms with Crippen molar-refractivity contribution in [2.75, 3.05) is 9.80 Å². The van der Waals surface area contributed by atoms with Gasteiger partial charge in [0.1, 0.15) is 8.07 Å². The first-order valence-electron chi connectivity index (χ1n) is 23.9. The molecule has 1 heterocycles. The maximum Gasteiger partial charge on any atom is 0.113 e. The zero-order chi connectivity index (χ0) is 46.3. The molecule has 0 radical (unpaired) electrons. The second-order valence-electron chi connectivity index (χ2n) is 18.5. The Morgan fingerprint density at radius 3 is 1.06 bits per heavy atom. The average molecular weight is 899 g/mol. The van der Waals surface area contributed by atoms with E-state index in [1.165, 1.54) is 76.8 Å². The third-order valence-corrected chi connectivity index (χ3v) is 17.6. The van der Waals surface area contributed by atoms with Crippen molar-refractivity contribution in [3.63, 3.8) is 0 Å². The van der Waals surface area contributed by atoms with Crippen molar-refractivity contribution in [1.29, 1.82) is 0 Å². The van der Waals surface area contributed by atoms with Crippen LogP contribution < -0.4 is 20.2 Å². The predicted molar refractivity (Wildman–Crippen MR) is 297 cm³/mol. The number of hydrogen-bond donors (Lipinski definition) is 0. The SMILES string of the molecule is C[Si]1(C)c2cc(-c3ccc(N(c4ccccc4)c4ccc(-c5ccccc5)cc4)cc3)ccc2-c2ccc(-c3ccc(N(c4ccccc4)c4ccc(-c5ccccc5)cc4)cc3)c3cccc1c23. The summed E-state index contributed by atoms with van der Waals surface area (Å²) in [4.78, 5) is 4.68. The topological polar surface area (TPSA) is 6.48 Å². The molecule has 11 aromatic carbocycles. The molecular formula is C66H50N2Si. The molecule has 0 atom stereocenters. The van der Waals surface area contributed by atoms with Crippen molar-refractivity contribution in [3.05, 3.63) is 267 Å². The van der Waals surface area contributed by atoms with Gasteiger partial charge in [0.2, 0.25) is 0 Å². The largest absolute Gasteiger partial charge is 0.311 e. The molecule has 11 aromatic rings. The second kappa shape index (κ2) is 17.6. The smallest absolute Gasteiger partial charge is 0.113 e. The monoisotopic (exact) mass is 898 g/mol. The Kier molecular flexibility index (Phi) is 10.7. The van der Waals surface area contributed by atoms with E-state index >= 15 is 0 Å². The van der Waals surface area contributed by atoms with Crippen molar-refractivity contribution in [2.45, 2.75) is 13.1 Å². The summed E-state index contributed by atoms with van der Waals surface area (Å²) in [6.07, 6.45) is 0. The van der Waals surface area contributed by atoms with Gasteiger partial charge in [0.15, 0.2) is 0 Å². The Bertz CT molecular complexity index is 3570. The first-order chi connectivity index (χ1) is 34.0. The Labute approximate surface area is 406 Å². The molecule has 3 heteroatoms. The fraction of sp³-hybridized carbons (Fsp3) is 0.0303. The van der Waals surface area contributed by atoms with Crippen LogP contribution in [-0.2, 0) is 0 Å². The summed E-state index contributed by atoms with van der Waals surface area (Å²) in [6.45, 7) is 5.06. The maximum absolute atomic E-state index is 2.53. The van der Waals surface area contributed by atoms with Crippen LogP contribution in [0.25, 0.3) is 66.4 Å². The van der Waals surface area contributed by atoms with E-state index in [9.17, 15) is 0 Å². The van der Waals surface area contributed by atoms with Crippen LogP contribution in [0.4, 0.5) is 34.1 Å². The Balaban J connectivity index is 0.858.